The van der Waals surface area contributed by atoms with Gasteiger partial charge < -0.3 is 30.1 Å². The van der Waals surface area contributed by atoms with Gasteiger partial charge in [-0.15, -0.1) is 0 Å². The zero-order chi connectivity index (χ0) is 22.1. The summed E-state index contributed by atoms with van der Waals surface area (Å²) in [7, 11) is 0. The number of anilines is 1. The van der Waals surface area contributed by atoms with Crippen molar-refractivity contribution < 1.29 is 24.8 Å². The molecule has 3 heterocycles. The van der Waals surface area contributed by atoms with Gasteiger partial charge in [-0.2, -0.15) is 0 Å². The normalized spacial score (nSPS) is 30.2. The highest BCUT2D eigenvalue weighted by Crippen LogP contribution is 2.33. The fourth-order valence-electron chi connectivity index (χ4n) is 4.50. The van der Waals surface area contributed by atoms with Crippen molar-refractivity contribution in [1.82, 2.24) is 19.5 Å². The average molecular weight is 441 g/mol. The Bertz CT molecular complexity index is 1050. The number of nitrogens with zero attached hydrogens (tertiary/aromatic N) is 4. The van der Waals surface area contributed by atoms with Crippen LogP contribution in [-0.2, 0) is 16.1 Å². The first-order chi connectivity index (χ1) is 15.7. The number of rotatable bonds is 7. The van der Waals surface area contributed by atoms with Crippen LogP contribution in [0.15, 0.2) is 43.0 Å². The highest BCUT2D eigenvalue weighted by Gasteiger charge is 2.44. The predicted octanol–water partition coefficient (Wildman–Crippen LogP) is 0.988. The Labute approximate surface area is 184 Å². The third-order valence-electron chi connectivity index (χ3n) is 6.23. The van der Waals surface area contributed by atoms with Crippen molar-refractivity contribution in [3.8, 4) is 0 Å². The van der Waals surface area contributed by atoms with E-state index in [2.05, 4.69) is 32.4 Å². The van der Waals surface area contributed by atoms with Crippen molar-refractivity contribution in [1.29, 1.82) is 0 Å². The summed E-state index contributed by atoms with van der Waals surface area (Å²) in [4.78, 5) is 13.1. The van der Waals surface area contributed by atoms with E-state index in [9.17, 15) is 15.3 Å². The minimum atomic E-state index is -1.21. The Morgan fingerprint density at radius 3 is 2.72 bits per heavy atom. The molecule has 2 unspecified atom stereocenters. The van der Waals surface area contributed by atoms with E-state index in [4.69, 9.17) is 9.47 Å². The molecule has 4 N–H and O–H groups in total. The maximum atomic E-state index is 10.4. The zero-order valence-electron chi connectivity index (χ0n) is 17.5. The van der Waals surface area contributed by atoms with Crippen molar-refractivity contribution in [3.63, 3.8) is 0 Å². The molecule has 1 aliphatic carbocycles. The Morgan fingerprint density at radius 2 is 1.94 bits per heavy atom. The number of aliphatic hydroxyl groups is 3. The van der Waals surface area contributed by atoms with Crippen molar-refractivity contribution in [2.45, 2.75) is 62.6 Å². The smallest absolute Gasteiger partial charge is 0.167 e. The van der Waals surface area contributed by atoms with E-state index >= 15 is 0 Å². The van der Waals surface area contributed by atoms with Crippen LogP contribution in [0.3, 0.4) is 0 Å². The first-order valence-electron chi connectivity index (χ1n) is 10.9. The topological polar surface area (TPSA) is 135 Å². The molecule has 1 aromatic carbocycles. The van der Waals surface area contributed by atoms with Crippen LogP contribution in [0.25, 0.3) is 11.2 Å². The number of fused-ring (bicyclic) bond motifs is 1. The lowest BCUT2D eigenvalue weighted by molar-refractivity contribution is -0.0511. The van der Waals surface area contributed by atoms with Crippen LogP contribution < -0.4 is 5.32 Å². The second kappa shape index (κ2) is 9.08. The number of imidazole rings is 1. The molecule has 0 radical (unpaired) electrons. The van der Waals surface area contributed by atoms with Gasteiger partial charge in [0.2, 0.25) is 0 Å². The maximum Gasteiger partial charge on any atom is 0.167 e. The first kappa shape index (κ1) is 21.2. The molecule has 170 valence electrons. The van der Waals surface area contributed by atoms with Crippen LogP contribution in [0.4, 0.5) is 5.82 Å². The molecule has 5 rings (SSSR count). The van der Waals surface area contributed by atoms with Crippen LogP contribution in [0.1, 0.15) is 31.1 Å². The van der Waals surface area contributed by atoms with E-state index in [1.807, 2.05) is 18.2 Å². The molecule has 0 bridgehead atoms. The van der Waals surface area contributed by atoms with Gasteiger partial charge in [0.25, 0.3) is 0 Å². The van der Waals surface area contributed by atoms with Gasteiger partial charge in [-0.3, -0.25) is 4.57 Å². The molecule has 0 spiro atoms. The summed E-state index contributed by atoms with van der Waals surface area (Å²) in [5, 5.41) is 33.3. The number of aliphatic hydroxyl groups excluding tert-OH is 3. The van der Waals surface area contributed by atoms with E-state index in [0.717, 1.165) is 24.8 Å². The van der Waals surface area contributed by atoms with Crippen LogP contribution in [0.5, 0.6) is 0 Å². The SMILES string of the molecule is OC[C@H]1O[C@@H](n2cnc3c(NC4CCCC4OCc4ccccc4)ncnc32)[C@H](O)[C@H]1O. The van der Waals surface area contributed by atoms with Crippen LogP contribution in [-0.4, -0.2) is 71.9 Å². The minimum Gasteiger partial charge on any atom is -0.394 e. The summed E-state index contributed by atoms with van der Waals surface area (Å²) in [5.74, 6) is 0.584. The second-order valence-corrected chi connectivity index (χ2v) is 8.29. The molecule has 2 aliphatic rings. The van der Waals surface area contributed by atoms with Gasteiger partial charge in [-0.25, -0.2) is 15.0 Å². The van der Waals surface area contributed by atoms with Gasteiger partial charge in [0, 0.05) is 0 Å². The van der Waals surface area contributed by atoms with Crippen LogP contribution in [0, 0.1) is 0 Å². The van der Waals surface area contributed by atoms with E-state index in [1.54, 1.807) is 4.57 Å². The third-order valence-corrected chi connectivity index (χ3v) is 6.23. The molecule has 10 nitrogen and oxygen atoms in total. The lowest BCUT2D eigenvalue weighted by Gasteiger charge is -2.22. The fraction of sp³-hybridized carbons (Fsp3) is 0.500. The lowest BCUT2D eigenvalue weighted by atomic mass is 10.1. The van der Waals surface area contributed by atoms with Gasteiger partial charge in [0.15, 0.2) is 23.2 Å². The van der Waals surface area contributed by atoms with Gasteiger partial charge in [0.05, 0.1) is 31.7 Å². The molecule has 1 saturated heterocycles. The molecule has 2 fully saturated rings. The molecule has 6 atom stereocenters. The molecular weight excluding hydrogens is 414 g/mol. The molecule has 1 aliphatic heterocycles. The summed E-state index contributed by atoms with van der Waals surface area (Å²) in [6, 6.07) is 10.2. The number of nitrogens with one attached hydrogen (secondary N) is 1. The first-order valence-corrected chi connectivity index (χ1v) is 10.9. The van der Waals surface area contributed by atoms with E-state index < -0.39 is 31.1 Å². The average Bonchev–Trinajstić information content (AvgIpc) is 3.52. The summed E-state index contributed by atoms with van der Waals surface area (Å²) in [6.45, 7) is 0.165. The molecule has 32 heavy (non-hydrogen) atoms. The van der Waals surface area contributed by atoms with E-state index in [0.29, 0.717) is 23.6 Å². The van der Waals surface area contributed by atoms with Crippen molar-refractivity contribution in [3.05, 3.63) is 48.5 Å². The Hall–Kier alpha value is -2.63. The Balaban J connectivity index is 1.33. The summed E-state index contributed by atoms with van der Waals surface area (Å²) in [5.41, 5.74) is 2.15. The van der Waals surface area contributed by atoms with Gasteiger partial charge in [-0.05, 0) is 24.8 Å². The van der Waals surface area contributed by atoms with Crippen LogP contribution in [0.2, 0.25) is 0 Å². The number of ether oxygens (including phenoxy) is 2. The molecule has 0 amide bonds. The second-order valence-electron chi connectivity index (χ2n) is 8.29. The number of benzene rings is 1. The van der Waals surface area contributed by atoms with Gasteiger partial charge >= 0.3 is 0 Å². The maximum absolute atomic E-state index is 10.4. The van der Waals surface area contributed by atoms with Gasteiger partial charge in [0.1, 0.15) is 24.6 Å². The number of hydrogen-bond acceptors (Lipinski definition) is 9. The highest BCUT2D eigenvalue weighted by atomic mass is 16.6. The lowest BCUT2D eigenvalue weighted by Crippen LogP contribution is -2.33. The highest BCUT2D eigenvalue weighted by molar-refractivity contribution is 5.82. The zero-order valence-corrected chi connectivity index (χ0v) is 17.5. The Morgan fingerprint density at radius 1 is 1.09 bits per heavy atom. The monoisotopic (exact) mass is 441 g/mol. The predicted molar refractivity (Wildman–Crippen MR) is 115 cm³/mol. The summed E-state index contributed by atoms with van der Waals surface area (Å²) < 4.78 is 13.4. The van der Waals surface area contributed by atoms with Crippen molar-refractivity contribution in [2.24, 2.45) is 0 Å². The molecule has 10 heteroatoms. The molecule has 1 saturated carbocycles. The van der Waals surface area contributed by atoms with Crippen molar-refractivity contribution >= 4 is 17.0 Å². The number of aromatic nitrogens is 4. The fourth-order valence-corrected chi connectivity index (χ4v) is 4.50. The van der Waals surface area contributed by atoms with E-state index in [1.165, 1.54) is 12.7 Å². The quantitative estimate of drug-likeness (QED) is 0.423. The Kier molecular flexibility index (Phi) is 6.03. The molecular formula is C22H27N5O5. The van der Waals surface area contributed by atoms with Crippen molar-refractivity contribution in [2.75, 3.05) is 11.9 Å². The van der Waals surface area contributed by atoms with Crippen LogP contribution >= 0.6 is 0 Å². The largest absolute Gasteiger partial charge is 0.394 e. The summed E-state index contributed by atoms with van der Waals surface area (Å²) >= 11 is 0. The van der Waals surface area contributed by atoms with E-state index in [-0.39, 0.29) is 12.1 Å². The minimum absolute atomic E-state index is 0.0581. The number of hydrogen-bond donors (Lipinski definition) is 4. The van der Waals surface area contributed by atoms with Gasteiger partial charge in [-0.1, -0.05) is 30.3 Å². The third kappa shape index (κ3) is 3.96. The molecule has 3 aromatic rings. The standard InChI is InChI=1S/C22H27N5O5/c28-9-16-18(29)19(30)22(32-16)27-12-25-17-20(23-11-24-21(17)27)26-14-7-4-8-15(14)31-10-13-5-2-1-3-6-13/h1-3,5-6,11-12,14-16,18-19,22,28-30H,4,7-10H2,(H,23,24,26)/t14?,15?,16-,18+,19-,22-/m1/s1. The molecule has 2 aromatic heterocycles. The summed E-state index contributed by atoms with van der Waals surface area (Å²) in [6.07, 6.45) is 1.81.